The number of carboxylic acids is 1. The minimum atomic E-state index is -0.786. The van der Waals surface area contributed by atoms with Crippen molar-refractivity contribution in [1.29, 1.82) is 0 Å². The zero-order valence-electron chi connectivity index (χ0n) is 13.4. The monoisotopic (exact) mass is 329 g/mol. The Labute approximate surface area is 139 Å². The molecule has 1 N–H and O–H groups in total. The van der Waals surface area contributed by atoms with Crippen molar-refractivity contribution in [3.63, 3.8) is 0 Å². The van der Waals surface area contributed by atoms with Gasteiger partial charge >= 0.3 is 5.97 Å². The highest BCUT2D eigenvalue weighted by atomic mass is 16.5. The maximum Gasteiger partial charge on any atom is 0.306 e. The average Bonchev–Trinajstić information content (AvgIpc) is 3.11. The molecule has 1 saturated heterocycles. The summed E-state index contributed by atoms with van der Waals surface area (Å²) in [6.45, 7) is 0.899. The molecule has 1 aromatic carbocycles. The number of carbonyl (C=O) groups is 2. The molecule has 2 aromatic rings. The van der Waals surface area contributed by atoms with Gasteiger partial charge in [0.05, 0.1) is 18.7 Å². The molecule has 1 amide bonds. The molecule has 2 heterocycles. The number of nitrogens with zero attached hydrogens (tertiary/aromatic N) is 3. The van der Waals surface area contributed by atoms with E-state index in [4.69, 9.17) is 9.84 Å². The molecule has 7 heteroatoms. The van der Waals surface area contributed by atoms with Gasteiger partial charge in [-0.3, -0.25) is 9.59 Å². The number of benzene rings is 1. The van der Waals surface area contributed by atoms with Crippen LogP contribution in [0.15, 0.2) is 36.5 Å². The summed E-state index contributed by atoms with van der Waals surface area (Å²) in [4.78, 5) is 25.1. The third kappa shape index (κ3) is 3.24. The van der Waals surface area contributed by atoms with Crippen molar-refractivity contribution < 1.29 is 19.4 Å². The molecule has 1 fully saturated rings. The third-order valence-corrected chi connectivity index (χ3v) is 4.28. The number of hydrogen-bond donors (Lipinski definition) is 1. The van der Waals surface area contributed by atoms with Gasteiger partial charge in [-0.25, -0.2) is 4.68 Å². The van der Waals surface area contributed by atoms with E-state index >= 15 is 0 Å². The van der Waals surface area contributed by atoms with Crippen molar-refractivity contribution in [3.05, 3.63) is 42.2 Å². The molecule has 1 aliphatic rings. The Morgan fingerprint density at radius 1 is 1.17 bits per heavy atom. The summed E-state index contributed by atoms with van der Waals surface area (Å²) in [7, 11) is 1.60. The fourth-order valence-electron chi connectivity index (χ4n) is 2.81. The number of hydrogen-bond acceptors (Lipinski definition) is 4. The largest absolute Gasteiger partial charge is 0.497 e. The van der Waals surface area contributed by atoms with Gasteiger partial charge in [-0.2, -0.15) is 5.10 Å². The zero-order valence-corrected chi connectivity index (χ0v) is 13.4. The molecular formula is C17H19N3O4. The number of methoxy groups -OCH3 is 1. The maximum atomic E-state index is 12.5. The van der Waals surface area contributed by atoms with E-state index in [1.165, 1.54) is 0 Å². The van der Waals surface area contributed by atoms with Gasteiger partial charge in [-0.05, 0) is 43.2 Å². The van der Waals surface area contributed by atoms with Crippen molar-refractivity contribution in [2.75, 3.05) is 20.2 Å². The van der Waals surface area contributed by atoms with E-state index < -0.39 is 5.97 Å². The van der Waals surface area contributed by atoms with Crippen LogP contribution in [-0.4, -0.2) is 51.9 Å². The van der Waals surface area contributed by atoms with Gasteiger partial charge in [0.2, 0.25) is 0 Å². The Balaban J connectivity index is 1.68. The van der Waals surface area contributed by atoms with Gasteiger partial charge in [0, 0.05) is 19.3 Å². The molecule has 0 saturated carbocycles. The molecule has 0 bridgehead atoms. The minimum absolute atomic E-state index is 0.161. The van der Waals surface area contributed by atoms with Gasteiger partial charge in [0.1, 0.15) is 5.75 Å². The van der Waals surface area contributed by atoms with Gasteiger partial charge in [0.15, 0.2) is 5.69 Å². The van der Waals surface area contributed by atoms with Gasteiger partial charge < -0.3 is 14.7 Å². The lowest BCUT2D eigenvalue weighted by Gasteiger charge is -2.29. The van der Waals surface area contributed by atoms with Crippen molar-refractivity contribution >= 4 is 11.9 Å². The van der Waals surface area contributed by atoms with Crippen LogP contribution >= 0.6 is 0 Å². The maximum absolute atomic E-state index is 12.5. The Hall–Kier alpha value is -2.83. The lowest BCUT2D eigenvalue weighted by molar-refractivity contribution is -0.143. The molecule has 3 rings (SSSR count). The third-order valence-electron chi connectivity index (χ3n) is 4.28. The first-order chi connectivity index (χ1) is 11.6. The molecule has 1 aromatic heterocycles. The Morgan fingerprint density at radius 2 is 1.83 bits per heavy atom. The molecule has 0 radical (unpaired) electrons. The molecule has 24 heavy (non-hydrogen) atoms. The van der Waals surface area contributed by atoms with E-state index in [2.05, 4.69) is 5.10 Å². The number of carboxylic acid groups (broad SMARTS) is 1. The average molecular weight is 329 g/mol. The molecule has 0 spiro atoms. The van der Waals surface area contributed by atoms with Crippen molar-refractivity contribution in [3.8, 4) is 11.4 Å². The first kappa shape index (κ1) is 16.0. The lowest BCUT2D eigenvalue weighted by atomic mass is 9.97. The van der Waals surface area contributed by atoms with Crippen LogP contribution in [0.3, 0.4) is 0 Å². The van der Waals surface area contributed by atoms with E-state index in [0.717, 1.165) is 11.4 Å². The molecular weight excluding hydrogens is 310 g/mol. The van der Waals surface area contributed by atoms with Crippen molar-refractivity contribution in [2.24, 2.45) is 5.92 Å². The summed E-state index contributed by atoms with van der Waals surface area (Å²) in [5.41, 5.74) is 1.19. The Morgan fingerprint density at radius 3 is 2.42 bits per heavy atom. The van der Waals surface area contributed by atoms with Crippen LogP contribution < -0.4 is 4.74 Å². The van der Waals surface area contributed by atoms with E-state index in [9.17, 15) is 9.59 Å². The summed E-state index contributed by atoms with van der Waals surface area (Å²) >= 11 is 0. The SMILES string of the molecule is COc1ccc(-n2ccc(C(=O)N3CCC(C(=O)O)CC3)n2)cc1. The van der Waals surface area contributed by atoms with Crippen LogP contribution in [0.25, 0.3) is 5.69 Å². The second-order valence-corrected chi connectivity index (χ2v) is 5.75. The quantitative estimate of drug-likeness (QED) is 0.925. The summed E-state index contributed by atoms with van der Waals surface area (Å²) in [5.74, 6) is -0.550. The molecule has 7 nitrogen and oxygen atoms in total. The van der Waals surface area contributed by atoms with Crippen LogP contribution in [0.1, 0.15) is 23.3 Å². The van der Waals surface area contributed by atoms with Gasteiger partial charge in [0.25, 0.3) is 5.91 Å². The number of aromatic nitrogens is 2. The fourth-order valence-corrected chi connectivity index (χ4v) is 2.81. The van der Waals surface area contributed by atoms with Crippen LogP contribution in [0, 0.1) is 5.92 Å². The van der Waals surface area contributed by atoms with Gasteiger partial charge in [-0.1, -0.05) is 0 Å². The number of likely N-dealkylation sites (tertiary alicyclic amines) is 1. The number of amides is 1. The first-order valence-corrected chi connectivity index (χ1v) is 7.80. The van der Waals surface area contributed by atoms with Crippen LogP contribution in [0.2, 0.25) is 0 Å². The molecule has 0 unspecified atom stereocenters. The topological polar surface area (TPSA) is 84.7 Å². The smallest absolute Gasteiger partial charge is 0.306 e. The Bertz CT molecular complexity index is 731. The normalized spacial score (nSPS) is 15.3. The van der Waals surface area contributed by atoms with Crippen LogP contribution in [0.4, 0.5) is 0 Å². The summed E-state index contributed by atoms with van der Waals surface area (Å²) < 4.78 is 6.76. The number of carbonyl (C=O) groups excluding carboxylic acids is 1. The molecule has 0 aliphatic carbocycles. The first-order valence-electron chi connectivity index (χ1n) is 7.80. The van der Waals surface area contributed by atoms with E-state index in [0.29, 0.717) is 31.6 Å². The number of rotatable bonds is 4. The van der Waals surface area contributed by atoms with E-state index in [1.54, 1.807) is 29.0 Å². The highest BCUT2D eigenvalue weighted by Gasteiger charge is 2.28. The second kappa shape index (κ2) is 6.74. The second-order valence-electron chi connectivity index (χ2n) is 5.75. The molecule has 1 aliphatic heterocycles. The Kier molecular flexibility index (Phi) is 4.50. The molecule has 0 atom stereocenters. The van der Waals surface area contributed by atoms with Crippen LogP contribution in [0.5, 0.6) is 5.75 Å². The van der Waals surface area contributed by atoms with Crippen molar-refractivity contribution in [2.45, 2.75) is 12.8 Å². The summed E-state index contributed by atoms with van der Waals surface area (Å²) in [6, 6.07) is 9.05. The van der Waals surface area contributed by atoms with Gasteiger partial charge in [-0.15, -0.1) is 0 Å². The molecule has 126 valence electrons. The lowest BCUT2D eigenvalue weighted by Crippen LogP contribution is -2.40. The summed E-state index contributed by atoms with van der Waals surface area (Å²) in [5, 5.41) is 13.4. The van der Waals surface area contributed by atoms with E-state index in [-0.39, 0.29) is 11.8 Å². The number of aliphatic carboxylic acids is 1. The predicted molar refractivity (Wildman–Crippen MR) is 86.4 cm³/mol. The predicted octanol–water partition coefficient (Wildman–Crippen LogP) is 1.82. The standard InChI is InChI=1S/C17H19N3O4/c1-24-14-4-2-13(3-5-14)20-11-8-15(18-20)16(21)19-9-6-12(7-10-19)17(22)23/h2-5,8,11-12H,6-7,9-10H2,1H3,(H,22,23). The highest BCUT2D eigenvalue weighted by Crippen LogP contribution is 2.19. The number of piperidine rings is 1. The number of ether oxygens (including phenoxy) is 1. The minimum Gasteiger partial charge on any atom is -0.497 e. The summed E-state index contributed by atoms with van der Waals surface area (Å²) in [6.07, 6.45) is 2.71. The highest BCUT2D eigenvalue weighted by molar-refractivity contribution is 5.92. The fraction of sp³-hybridized carbons (Fsp3) is 0.353. The van der Waals surface area contributed by atoms with Crippen molar-refractivity contribution in [1.82, 2.24) is 14.7 Å². The zero-order chi connectivity index (χ0) is 17.1. The van der Waals surface area contributed by atoms with E-state index in [1.807, 2.05) is 24.3 Å². The van der Waals surface area contributed by atoms with Crippen LogP contribution in [-0.2, 0) is 4.79 Å².